The van der Waals surface area contributed by atoms with Gasteiger partial charge in [0, 0.05) is 51.4 Å². The second-order valence-corrected chi connectivity index (χ2v) is 5.75. The number of rotatable bonds is 3. The van der Waals surface area contributed by atoms with E-state index in [0.717, 1.165) is 39.1 Å². The summed E-state index contributed by atoms with van der Waals surface area (Å²) in [6.45, 7) is 10.4. The summed E-state index contributed by atoms with van der Waals surface area (Å²) >= 11 is 0. The maximum atomic E-state index is 11.1. The van der Waals surface area contributed by atoms with Crippen LogP contribution in [-0.2, 0) is 4.79 Å². The molecule has 2 aliphatic heterocycles. The molecule has 0 radical (unpaired) electrons. The average molecular weight is 255 g/mol. The van der Waals surface area contributed by atoms with Crippen molar-refractivity contribution in [1.29, 1.82) is 0 Å². The first-order valence-electron chi connectivity index (χ1n) is 6.99. The number of aliphatic carboxylic acids is 1. The van der Waals surface area contributed by atoms with Crippen LogP contribution in [0.5, 0.6) is 0 Å². The van der Waals surface area contributed by atoms with Gasteiger partial charge in [-0.05, 0) is 20.3 Å². The van der Waals surface area contributed by atoms with Gasteiger partial charge in [-0.3, -0.25) is 14.6 Å². The molecule has 0 aromatic carbocycles. The van der Waals surface area contributed by atoms with Crippen LogP contribution < -0.4 is 5.32 Å². The van der Waals surface area contributed by atoms with Crippen LogP contribution in [0.15, 0.2) is 0 Å². The van der Waals surface area contributed by atoms with E-state index in [1.165, 1.54) is 0 Å². The number of hydrogen-bond acceptors (Lipinski definition) is 4. The van der Waals surface area contributed by atoms with Crippen LogP contribution in [0.3, 0.4) is 0 Å². The Hall–Kier alpha value is -0.650. The number of hydrogen-bond donors (Lipinski definition) is 2. The van der Waals surface area contributed by atoms with Crippen molar-refractivity contribution >= 4 is 5.97 Å². The van der Waals surface area contributed by atoms with Crippen LogP contribution in [-0.4, -0.2) is 72.2 Å². The molecule has 2 saturated heterocycles. The lowest BCUT2D eigenvalue weighted by Crippen LogP contribution is -2.57. The van der Waals surface area contributed by atoms with Crippen LogP contribution >= 0.6 is 0 Å². The minimum absolute atomic E-state index is 0.216. The number of piperazine rings is 1. The van der Waals surface area contributed by atoms with E-state index in [4.69, 9.17) is 5.11 Å². The fraction of sp³-hybridized carbons (Fsp3) is 0.923. The van der Waals surface area contributed by atoms with Gasteiger partial charge in [-0.25, -0.2) is 0 Å². The third kappa shape index (κ3) is 3.22. The standard InChI is InChI=1S/C13H25N3O2/c1-10(2)15-3-5-16(6-4-15)12-7-11(13(17)18)8-14-9-12/h10-12,14H,3-9H2,1-2H3,(H,17,18)/t11-,12-/m0/s1. The van der Waals surface area contributed by atoms with E-state index < -0.39 is 5.97 Å². The molecule has 0 saturated carbocycles. The van der Waals surface area contributed by atoms with Crippen molar-refractivity contribution in [3.63, 3.8) is 0 Å². The molecule has 0 aromatic rings. The van der Waals surface area contributed by atoms with E-state index in [9.17, 15) is 4.79 Å². The Bertz CT molecular complexity index is 288. The fourth-order valence-electron chi connectivity index (χ4n) is 3.00. The molecule has 2 rings (SSSR count). The number of carboxylic acid groups (broad SMARTS) is 1. The SMILES string of the molecule is CC(C)N1CCN([C@@H]2CNC[C@@H](C(=O)O)C2)CC1. The minimum Gasteiger partial charge on any atom is -0.481 e. The number of carbonyl (C=O) groups is 1. The van der Waals surface area contributed by atoms with E-state index in [0.29, 0.717) is 18.6 Å². The second kappa shape index (κ2) is 5.99. The quantitative estimate of drug-likeness (QED) is 0.748. The van der Waals surface area contributed by atoms with E-state index in [-0.39, 0.29) is 5.92 Å². The summed E-state index contributed by atoms with van der Waals surface area (Å²) < 4.78 is 0. The van der Waals surface area contributed by atoms with Gasteiger partial charge in [0.25, 0.3) is 0 Å². The third-order valence-electron chi connectivity index (χ3n) is 4.27. The maximum Gasteiger partial charge on any atom is 0.307 e. The van der Waals surface area contributed by atoms with Crippen LogP contribution in [0.1, 0.15) is 20.3 Å². The molecule has 0 unspecified atom stereocenters. The molecule has 2 aliphatic rings. The molecule has 0 aliphatic carbocycles. The highest BCUT2D eigenvalue weighted by atomic mass is 16.4. The number of nitrogens with one attached hydrogen (secondary N) is 1. The van der Waals surface area contributed by atoms with Crippen molar-refractivity contribution in [2.45, 2.75) is 32.4 Å². The Morgan fingerprint density at radius 2 is 1.89 bits per heavy atom. The van der Waals surface area contributed by atoms with Crippen LogP contribution in [0, 0.1) is 5.92 Å². The summed E-state index contributed by atoms with van der Waals surface area (Å²) in [6.07, 6.45) is 0.796. The lowest BCUT2D eigenvalue weighted by atomic mass is 9.94. The fourth-order valence-corrected chi connectivity index (χ4v) is 3.00. The largest absolute Gasteiger partial charge is 0.481 e. The minimum atomic E-state index is -0.659. The molecule has 0 bridgehead atoms. The third-order valence-corrected chi connectivity index (χ3v) is 4.27. The summed E-state index contributed by atoms with van der Waals surface area (Å²) in [4.78, 5) is 16.0. The highest BCUT2D eigenvalue weighted by molar-refractivity contribution is 5.70. The van der Waals surface area contributed by atoms with Crippen LogP contribution in [0.4, 0.5) is 0 Å². The van der Waals surface area contributed by atoms with Gasteiger partial charge in [0.15, 0.2) is 0 Å². The first-order chi connectivity index (χ1) is 8.58. The highest BCUT2D eigenvalue weighted by Gasteiger charge is 2.32. The number of carboxylic acids is 1. The Balaban J connectivity index is 1.84. The Morgan fingerprint density at radius 1 is 1.22 bits per heavy atom. The van der Waals surface area contributed by atoms with Gasteiger partial charge in [-0.15, -0.1) is 0 Å². The van der Waals surface area contributed by atoms with Crippen molar-refractivity contribution in [2.24, 2.45) is 5.92 Å². The van der Waals surface area contributed by atoms with Crippen molar-refractivity contribution in [3.05, 3.63) is 0 Å². The molecular formula is C13H25N3O2. The molecule has 2 fully saturated rings. The van der Waals surface area contributed by atoms with Crippen molar-refractivity contribution in [3.8, 4) is 0 Å². The smallest absolute Gasteiger partial charge is 0.307 e. The topological polar surface area (TPSA) is 55.8 Å². The molecule has 0 spiro atoms. The van der Waals surface area contributed by atoms with Gasteiger partial charge in [0.05, 0.1) is 5.92 Å². The first kappa shape index (κ1) is 13.8. The molecule has 18 heavy (non-hydrogen) atoms. The van der Waals surface area contributed by atoms with Crippen molar-refractivity contribution in [1.82, 2.24) is 15.1 Å². The Labute approximate surface area is 109 Å². The zero-order chi connectivity index (χ0) is 13.1. The average Bonchev–Trinajstić information content (AvgIpc) is 2.39. The van der Waals surface area contributed by atoms with Gasteiger partial charge in [-0.1, -0.05) is 0 Å². The van der Waals surface area contributed by atoms with E-state index >= 15 is 0 Å². The molecule has 0 aromatic heterocycles. The first-order valence-corrected chi connectivity index (χ1v) is 6.99. The maximum absolute atomic E-state index is 11.1. The highest BCUT2D eigenvalue weighted by Crippen LogP contribution is 2.18. The van der Waals surface area contributed by atoms with Crippen molar-refractivity contribution in [2.75, 3.05) is 39.3 Å². The molecule has 5 nitrogen and oxygen atoms in total. The molecule has 0 amide bonds. The molecule has 2 N–H and O–H groups in total. The summed E-state index contributed by atoms with van der Waals surface area (Å²) in [5.74, 6) is -0.875. The Kier molecular flexibility index (Phi) is 4.59. The van der Waals surface area contributed by atoms with Gasteiger partial charge in [0.1, 0.15) is 0 Å². The predicted molar refractivity (Wildman–Crippen MR) is 70.7 cm³/mol. The van der Waals surface area contributed by atoms with E-state index in [2.05, 4.69) is 29.0 Å². The monoisotopic (exact) mass is 255 g/mol. The molecule has 5 heteroatoms. The van der Waals surface area contributed by atoms with Crippen molar-refractivity contribution < 1.29 is 9.90 Å². The van der Waals surface area contributed by atoms with E-state index in [1.807, 2.05) is 0 Å². The molecular weight excluding hydrogens is 230 g/mol. The molecule has 2 atom stereocenters. The van der Waals surface area contributed by atoms with Crippen LogP contribution in [0.25, 0.3) is 0 Å². The normalized spacial score (nSPS) is 31.7. The zero-order valence-corrected chi connectivity index (χ0v) is 11.4. The lowest BCUT2D eigenvalue weighted by molar-refractivity contribution is -0.143. The Morgan fingerprint density at radius 3 is 2.44 bits per heavy atom. The summed E-state index contributed by atoms with van der Waals surface area (Å²) in [5.41, 5.74) is 0. The predicted octanol–water partition coefficient (Wildman–Crippen LogP) is 0.0751. The summed E-state index contributed by atoms with van der Waals surface area (Å²) in [5, 5.41) is 12.4. The van der Waals surface area contributed by atoms with Gasteiger partial charge >= 0.3 is 5.97 Å². The van der Waals surface area contributed by atoms with E-state index in [1.54, 1.807) is 0 Å². The lowest BCUT2D eigenvalue weighted by Gasteiger charge is -2.43. The summed E-state index contributed by atoms with van der Waals surface area (Å²) in [6, 6.07) is 1.01. The molecule has 104 valence electrons. The van der Waals surface area contributed by atoms with Gasteiger partial charge in [-0.2, -0.15) is 0 Å². The number of piperidine rings is 1. The molecule has 2 heterocycles. The zero-order valence-electron chi connectivity index (χ0n) is 11.4. The number of nitrogens with zero attached hydrogens (tertiary/aromatic N) is 2. The van der Waals surface area contributed by atoms with Crippen LogP contribution in [0.2, 0.25) is 0 Å². The second-order valence-electron chi connectivity index (χ2n) is 5.75. The summed E-state index contributed by atoms with van der Waals surface area (Å²) in [7, 11) is 0. The van der Waals surface area contributed by atoms with Gasteiger partial charge < -0.3 is 10.4 Å². The van der Waals surface area contributed by atoms with Gasteiger partial charge in [0.2, 0.25) is 0 Å².